The third-order valence-electron chi connectivity index (χ3n) is 0. The number of hydrogen-bond donors (Lipinski definition) is 1. The van der Waals surface area contributed by atoms with Crippen molar-refractivity contribution in [3.05, 3.63) is 10.4 Å². The average Bonchev–Trinajstić information content (AvgIpc) is 0.918. The molecule has 0 aliphatic rings. The van der Waals surface area contributed by atoms with Gasteiger partial charge in [-0.3, -0.25) is 0 Å². The average molecular weight is 207 g/mol. The Morgan fingerprint density at radius 2 is 1.00 bits per heavy atom. The van der Waals surface area contributed by atoms with Gasteiger partial charge in [0.15, 0.2) is 0 Å². The van der Waals surface area contributed by atoms with E-state index < -0.39 is 0 Å². The van der Waals surface area contributed by atoms with Crippen LogP contribution in [0.3, 0.4) is 0 Å². The lowest BCUT2D eigenvalue weighted by molar-refractivity contribution is -0.00100. The highest BCUT2D eigenvalue weighted by atomic mass is 79.9. The highest BCUT2D eigenvalue weighted by Gasteiger charge is 1.00. The Hall–Kier alpha value is 0.840. The van der Waals surface area contributed by atoms with Gasteiger partial charge in [0.05, 0.1) is 0 Å². The first kappa shape index (κ1) is 17.0. The standard InChI is InChI=1S/2Br.HNO2/c;;2-1-3/h;;1H/q2*+1;-2. The second kappa shape index (κ2) is 21.1. The minimum Gasteiger partial charge on any atom is -0.800 e. The normalized spacial score (nSPS) is 3.60. The van der Waals surface area contributed by atoms with Gasteiger partial charge in [-0.15, -0.1) is 0 Å². The quantitative estimate of drug-likeness (QED) is 0.548. The van der Waals surface area contributed by atoms with E-state index >= 15 is 0 Å². The molecule has 0 saturated carbocycles. The summed E-state index contributed by atoms with van der Waals surface area (Å²) in [4.78, 5) is 0. The Morgan fingerprint density at radius 1 is 1.00 bits per heavy atom. The van der Waals surface area contributed by atoms with E-state index in [0.717, 1.165) is 0 Å². The monoisotopic (exact) mass is 205 g/mol. The first-order valence-electron chi connectivity index (χ1n) is 0.408. The first-order valence-corrected chi connectivity index (χ1v) is 0.408. The van der Waals surface area contributed by atoms with Crippen molar-refractivity contribution < 1.29 is 34.0 Å². The van der Waals surface area contributed by atoms with Crippen LogP contribution in [-0.4, -0.2) is 0 Å². The Labute approximate surface area is 50.4 Å². The zero-order valence-corrected chi connectivity index (χ0v) is 5.24. The molecule has 0 aromatic heterocycles. The summed E-state index contributed by atoms with van der Waals surface area (Å²) >= 11 is 0. The van der Waals surface area contributed by atoms with Gasteiger partial charge < -0.3 is 16.1 Å². The lowest BCUT2D eigenvalue weighted by Crippen LogP contribution is -1.80. The molecule has 0 aromatic rings. The van der Waals surface area contributed by atoms with Crippen molar-refractivity contribution in [2.45, 2.75) is 0 Å². The molecule has 0 unspecified atom stereocenters. The molecule has 5 heavy (non-hydrogen) atoms. The van der Waals surface area contributed by atoms with Crippen LogP contribution in [0.5, 0.6) is 0 Å². The van der Waals surface area contributed by atoms with E-state index in [2.05, 4.69) is 0 Å². The summed E-state index contributed by atoms with van der Waals surface area (Å²) < 4.78 is 0. The van der Waals surface area contributed by atoms with E-state index in [1.165, 1.54) is 0 Å². The van der Waals surface area contributed by atoms with Crippen molar-refractivity contribution >= 4 is 0 Å². The fraction of sp³-hybridized carbons (Fsp3) is 0. The number of rotatable bonds is 0. The van der Waals surface area contributed by atoms with Gasteiger partial charge in [0.2, 0.25) is 0 Å². The van der Waals surface area contributed by atoms with Crippen molar-refractivity contribution in [1.82, 2.24) is 5.64 Å². The maximum Gasteiger partial charge on any atom is 1.00 e. The van der Waals surface area contributed by atoms with Crippen molar-refractivity contribution in [2.24, 2.45) is 0 Å². The van der Waals surface area contributed by atoms with Crippen LogP contribution in [0.15, 0.2) is 0 Å². The molecular weight excluding hydrogens is 206 g/mol. The predicted molar refractivity (Wildman–Crippen MR) is 9.87 cm³/mol. The van der Waals surface area contributed by atoms with Gasteiger partial charge in [-0.25, -0.2) is 0 Å². The zero-order valence-electron chi connectivity index (χ0n) is 2.07. The van der Waals surface area contributed by atoms with Gasteiger partial charge in [-0.05, 0) is 0 Å². The lowest BCUT2D eigenvalue weighted by atomic mass is 13.3. The molecule has 5 heteroatoms. The van der Waals surface area contributed by atoms with Crippen LogP contribution in [-0.2, 0) is 0 Å². The van der Waals surface area contributed by atoms with E-state index in [1.807, 2.05) is 0 Å². The van der Waals surface area contributed by atoms with Gasteiger partial charge in [0, 0.05) is 0 Å². The van der Waals surface area contributed by atoms with Crippen LogP contribution in [0.1, 0.15) is 0 Å². The smallest absolute Gasteiger partial charge is 0.800 e. The van der Waals surface area contributed by atoms with Gasteiger partial charge in [0.25, 0.3) is 0 Å². The minimum absolute atomic E-state index is 0. The molecule has 0 heterocycles. The van der Waals surface area contributed by atoms with Crippen LogP contribution < -0.4 is 5.64 Å². The van der Waals surface area contributed by atoms with Gasteiger partial charge in [-0.1, -0.05) is 0 Å². The second-order valence-corrected chi connectivity index (χ2v) is 0.0833. The third kappa shape index (κ3) is 55.3. The van der Waals surface area contributed by atoms with Crippen molar-refractivity contribution in [3.63, 3.8) is 0 Å². The molecule has 0 bridgehead atoms. The summed E-state index contributed by atoms with van der Waals surface area (Å²) in [7, 11) is 0. The number of nitrogens with one attached hydrogen (secondary N) is 1. The lowest BCUT2D eigenvalue weighted by Gasteiger charge is -2.07. The molecule has 0 aliphatic carbocycles. The summed E-state index contributed by atoms with van der Waals surface area (Å²) in [6, 6.07) is 0. The Balaban J connectivity index is -0.0000000200. The SMILES string of the molecule is [Br+].[Br+].[O-]N[O-]. The maximum absolute atomic E-state index is 8.12. The molecule has 0 atom stereocenters. The molecule has 0 rings (SSSR count). The molecule has 0 aromatic carbocycles. The van der Waals surface area contributed by atoms with Gasteiger partial charge >= 0.3 is 34.0 Å². The largest absolute Gasteiger partial charge is 1.00 e. The maximum atomic E-state index is 8.12. The van der Waals surface area contributed by atoms with Crippen LogP contribution in [0.25, 0.3) is 0 Å². The van der Waals surface area contributed by atoms with Crippen molar-refractivity contribution in [2.75, 3.05) is 0 Å². The van der Waals surface area contributed by atoms with Crippen LogP contribution in [0, 0.1) is 44.4 Å². The number of hydrogen-bond acceptors (Lipinski definition) is 3. The Morgan fingerprint density at radius 3 is 1.00 bits per heavy atom. The number of halogens is 2. The minimum atomic E-state index is 0. The molecule has 0 fully saturated rings. The summed E-state index contributed by atoms with van der Waals surface area (Å²) in [5.41, 5.74) is 0.250. The summed E-state index contributed by atoms with van der Waals surface area (Å²) in [5, 5.41) is 16.2. The first-order chi connectivity index (χ1) is 1.41. The van der Waals surface area contributed by atoms with E-state index in [-0.39, 0.29) is 39.6 Å². The second-order valence-electron chi connectivity index (χ2n) is 0.0833. The topological polar surface area (TPSA) is 58.1 Å². The van der Waals surface area contributed by atoms with Crippen molar-refractivity contribution in [3.8, 4) is 0 Å². The fourth-order valence-corrected chi connectivity index (χ4v) is 0. The van der Waals surface area contributed by atoms with Crippen LogP contribution in [0.2, 0.25) is 0 Å². The van der Waals surface area contributed by atoms with E-state index in [9.17, 15) is 0 Å². The zero-order chi connectivity index (χ0) is 2.71. The molecule has 32 valence electrons. The van der Waals surface area contributed by atoms with Crippen molar-refractivity contribution in [1.29, 1.82) is 0 Å². The summed E-state index contributed by atoms with van der Waals surface area (Å²) in [6.45, 7) is 0. The summed E-state index contributed by atoms with van der Waals surface area (Å²) in [5.74, 6) is 0. The Bertz CT molecular complexity index is 7.61. The summed E-state index contributed by atoms with van der Waals surface area (Å²) in [6.07, 6.45) is 0. The van der Waals surface area contributed by atoms with E-state index in [0.29, 0.717) is 0 Å². The highest BCUT2D eigenvalue weighted by molar-refractivity contribution is 4.31. The molecule has 4 radical (unpaired) electrons. The Kier molecular flexibility index (Phi) is 71.5. The third-order valence-corrected chi connectivity index (χ3v) is 0. The molecule has 0 saturated heterocycles. The van der Waals surface area contributed by atoms with Gasteiger partial charge in [-0.2, -0.15) is 0 Å². The van der Waals surface area contributed by atoms with Gasteiger partial charge in [0.1, 0.15) is 0 Å². The highest BCUT2D eigenvalue weighted by Crippen LogP contribution is 1.12. The van der Waals surface area contributed by atoms with Crippen LogP contribution >= 0.6 is 0 Å². The van der Waals surface area contributed by atoms with Crippen LogP contribution in [0.4, 0.5) is 0 Å². The molecule has 0 aliphatic heterocycles. The predicted octanol–water partition coefficient (Wildman–Crippen LogP) is -0.428. The molecule has 0 spiro atoms. The molecule has 0 amide bonds. The molecule has 1 N–H and O–H groups in total. The fourth-order valence-electron chi connectivity index (χ4n) is 0. The molecule has 3 nitrogen and oxygen atoms in total. The van der Waals surface area contributed by atoms with E-state index in [4.69, 9.17) is 10.4 Å². The molecular formula is HBr2NO2. The van der Waals surface area contributed by atoms with E-state index in [1.54, 1.807) is 0 Å².